The number of hydrogen-bond acceptors (Lipinski definition) is 7. The molecule has 0 unspecified atom stereocenters. The summed E-state index contributed by atoms with van der Waals surface area (Å²) in [5.41, 5.74) is 2.45. The number of aromatic nitrogens is 4. The van der Waals surface area contributed by atoms with Gasteiger partial charge in [0.1, 0.15) is 22.8 Å². The van der Waals surface area contributed by atoms with E-state index >= 15 is 0 Å². The van der Waals surface area contributed by atoms with Crippen molar-refractivity contribution >= 4 is 27.9 Å². The maximum Gasteiger partial charge on any atom is 0.262 e. The maximum atomic E-state index is 12.4. The number of amides is 1. The van der Waals surface area contributed by atoms with E-state index in [1.54, 1.807) is 24.0 Å². The molecule has 0 aliphatic rings. The predicted octanol–water partition coefficient (Wildman–Crippen LogP) is 3.19. The second kappa shape index (κ2) is 7.65. The summed E-state index contributed by atoms with van der Waals surface area (Å²) in [6.07, 6.45) is 1.55. The molecule has 0 bridgehead atoms. The van der Waals surface area contributed by atoms with Crippen LogP contribution in [-0.2, 0) is 4.79 Å². The fourth-order valence-corrected chi connectivity index (χ4v) is 3.47. The van der Waals surface area contributed by atoms with Gasteiger partial charge in [0.25, 0.3) is 5.91 Å². The van der Waals surface area contributed by atoms with Crippen molar-refractivity contribution in [1.82, 2.24) is 19.8 Å². The molecule has 8 nitrogen and oxygen atoms in total. The second-order valence-electron chi connectivity index (χ2n) is 6.03. The first-order valence-electron chi connectivity index (χ1n) is 8.47. The molecule has 0 atom stereocenters. The van der Waals surface area contributed by atoms with Crippen LogP contribution in [0.4, 0.5) is 5.69 Å². The third kappa shape index (κ3) is 3.79. The highest BCUT2D eigenvalue weighted by Gasteiger charge is 2.13. The number of nitrogens with one attached hydrogen (secondary N) is 1. The first kappa shape index (κ1) is 17.9. The van der Waals surface area contributed by atoms with Crippen molar-refractivity contribution in [2.45, 2.75) is 6.92 Å². The molecule has 0 aliphatic carbocycles. The molecule has 0 aliphatic heterocycles. The fraction of sp³-hybridized carbons (Fsp3) is 0.158. The lowest BCUT2D eigenvalue weighted by atomic mass is 10.2. The summed E-state index contributed by atoms with van der Waals surface area (Å²) >= 11 is 1.41. The van der Waals surface area contributed by atoms with Gasteiger partial charge in [0, 0.05) is 5.56 Å². The quantitative estimate of drug-likeness (QED) is 0.539. The van der Waals surface area contributed by atoms with E-state index < -0.39 is 0 Å². The number of methoxy groups -OCH3 is 1. The van der Waals surface area contributed by atoms with Gasteiger partial charge < -0.3 is 14.8 Å². The van der Waals surface area contributed by atoms with Crippen LogP contribution in [0.15, 0.2) is 48.8 Å². The molecular formula is C19H17N5O3S. The number of nitrogens with zero attached hydrogens (tertiary/aromatic N) is 4. The van der Waals surface area contributed by atoms with E-state index in [9.17, 15) is 4.79 Å². The van der Waals surface area contributed by atoms with E-state index in [2.05, 4.69) is 20.6 Å². The SMILES string of the molecule is COc1ccc(-c2nn3cnnc3s2)cc1NC(=O)COc1cccc(C)c1. The third-order valence-corrected chi connectivity index (χ3v) is 4.93. The zero-order valence-corrected chi connectivity index (χ0v) is 16.1. The Morgan fingerprint density at radius 1 is 1.25 bits per heavy atom. The first-order valence-corrected chi connectivity index (χ1v) is 9.28. The molecule has 142 valence electrons. The molecule has 2 aromatic heterocycles. The summed E-state index contributed by atoms with van der Waals surface area (Å²) in [5.74, 6) is 0.918. The molecular weight excluding hydrogens is 378 g/mol. The standard InChI is InChI=1S/C19H17N5O3S/c1-12-4-3-5-14(8-12)27-10-17(25)21-15-9-13(6-7-16(15)26-2)18-23-24-11-20-22-19(24)28-18/h3-9,11H,10H2,1-2H3,(H,21,25). The van der Waals surface area contributed by atoms with Gasteiger partial charge >= 0.3 is 0 Å². The predicted molar refractivity (Wildman–Crippen MR) is 106 cm³/mol. The molecule has 2 heterocycles. The third-order valence-electron chi connectivity index (χ3n) is 3.97. The second-order valence-corrected chi connectivity index (χ2v) is 6.99. The van der Waals surface area contributed by atoms with Crippen LogP contribution in [0.2, 0.25) is 0 Å². The van der Waals surface area contributed by atoms with E-state index in [0.29, 0.717) is 22.1 Å². The Balaban J connectivity index is 1.51. The zero-order valence-electron chi connectivity index (χ0n) is 15.2. The summed E-state index contributed by atoms with van der Waals surface area (Å²) in [6.45, 7) is 1.86. The Morgan fingerprint density at radius 3 is 2.93 bits per heavy atom. The highest BCUT2D eigenvalue weighted by Crippen LogP contribution is 2.32. The van der Waals surface area contributed by atoms with Crippen molar-refractivity contribution in [3.63, 3.8) is 0 Å². The van der Waals surface area contributed by atoms with E-state index in [0.717, 1.165) is 16.1 Å². The monoisotopic (exact) mass is 395 g/mol. The van der Waals surface area contributed by atoms with E-state index in [4.69, 9.17) is 9.47 Å². The van der Waals surface area contributed by atoms with E-state index in [1.807, 2.05) is 43.3 Å². The molecule has 9 heteroatoms. The largest absolute Gasteiger partial charge is 0.495 e. The molecule has 4 rings (SSSR count). The average Bonchev–Trinajstić information content (AvgIpc) is 3.29. The van der Waals surface area contributed by atoms with Crippen LogP contribution in [0.5, 0.6) is 11.5 Å². The summed E-state index contributed by atoms with van der Waals surface area (Å²) in [5, 5.41) is 15.8. The maximum absolute atomic E-state index is 12.4. The minimum atomic E-state index is -0.282. The Hall–Kier alpha value is -3.46. The molecule has 2 aromatic carbocycles. The number of hydrogen-bond donors (Lipinski definition) is 1. The molecule has 0 saturated carbocycles. The number of anilines is 1. The van der Waals surface area contributed by atoms with Crippen molar-refractivity contribution in [2.75, 3.05) is 19.0 Å². The minimum Gasteiger partial charge on any atom is -0.495 e. The van der Waals surface area contributed by atoms with Gasteiger partial charge in [-0.05, 0) is 42.8 Å². The van der Waals surface area contributed by atoms with Crippen LogP contribution in [0, 0.1) is 6.92 Å². The molecule has 0 saturated heterocycles. The van der Waals surface area contributed by atoms with Gasteiger partial charge in [0.15, 0.2) is 6.61 Å². The highest BCUT2D eigenvalue weighted by molar-refractivity contribution is 7.19. The van der Waals surface area contributed by atoms with Gasteiger partial charge in [-0.2, -0.15) is 9.61 Å². The Bertz CT molecular complexity index is 1110. The highest BCUT2D eigenvalue weighted by atomic mass is 32.1. The van der Waals surface area contributed by atoms with Gasteiger partial charge in [-0.25, -0.2) is 0 Å². The van der Waals surface area contributed by atoms with Crippen LogP contribution in [-0.4, -0.2) is 39.4 Å². The topological polar surface area (TPSA) is 90.6 Å². The number of rotatable bonds is 6. The molecule has 0 fully saturated rings. The molecule has 1 N–H and O–H groups in total. The van der Waals surface area contributed by atoms with Crippen LogP contribution < -0.4 is 14.8 Å². The number of carbonyl (C=O) groups excluding carboxylic acids is 1. The summed E-state index contributed by atoms with van der Waals surface area (Å²) in [6, 6.07) is 13.0. The van der Waals surface area contributed by atoms with Crippen LogP contribution in [0.25, 0.3) is 15.5 Å². The zero-order chi connectivity index (χ0) is 19.5. The molecule has 1 amide bonds. The van der Waals surface area contributed by atoms with Crippen molar-refractivity contribution in [3.05, 3.63) is 54.4 Å². The van der Waals surface area contributed by atoms with Crippen molar-refractivity contribution < 1.29 is 14.3 Å². The Morgan fingerprint density at radius 2 is 2.14 bits per heavy atom. The van der Waals surface area contributed by atoms with Crippen LogP contribution >= 0.6 is 11.3 Å². The van der Waals surface area contributed by atoms with Gasteiger partial charge in [0.05, 0.1) is 12.8 Å². The molecule has 4 aromatic rings. The number of carbonyl (C=O) groups is 1. The summed E-state index contributed by atoms with van der Waals surface area (Å²) in [4.78, 5) is 13.1. The lowest BCUT2D eigenvalue weighted by molar-refractivity contribution is -0.118. The van der Waals surface area contributed by atoms with Crippen molar-refractivity contribution in [1.29, 1.82) is 0 Å². The number of fused-ring (bicyclic) bond motifs is 1. The number of benzene rings is 2. The van der Waals surface area contributed by atoms with Gasteiger partial charge in [0.2, 0.25) is 4.96 Å². The number of ether oxygens (including phenoxy) is 2. The van der Waals surface area contributed by atoms with E-state index in [-0.39, 0.29) is 12.5 Å². The average molecular weight is 395 g/mol. The molecule has 28 heavy (non-hydrogen) atoms. The summed E-state index contributed by atoms with van der Waals surface area (Å²) < 4.78 is 12.5. The lowest BCUT2D eigenvalue weighted by Crippen LogP contribution is -2.20. The normalized spacial score (nSPS) is 10.8. The van der Waals surface area contributed by atoms with Crippen molar-refractivity contribution in [2.24, 2.45) is 0 Å². The number of aryl methyl sites for hydroxylation is 1. The van der Waals surface area contributed by atoms with E-state index in [1.165, 1.54) is 11.3 Å². The van der Waals surface area contributed by atoms with Crippen LogP contribution in [0.3, 0.4) is 0 Å². The minimum absolute atomic E-state index is 0.104. The first-order chi connectivity index (χ1) is 13.6. The Labute approximate surface area is 164 Å². The molecule has 0 spiro atoms. The summed E-state index contributed by atoms with van der Waals surface area (Å²) in [7, 11) is 1.55. The Kier molecular flexibility index (Phi) is 4.90. The lowest BCUT2D eigenvalue weighted by Gasteiger charge is -2.12. The van der Waals surface area contributed by atoms with Gasteiger partial charge in [-0.15, -0.1) is 10.2 Å². The smallest absolute Gasteiger partial charge is 0.262 e. The van der Waals surface area contributed by atoms with Crippen LogP contribution in [0.1, 0.15) is 5.56 Å². The van der Waals surface area contributed by atoms with Crippen molar-refractivity contribution in [3.8, 4) is 22.1 Å². The van der Waals surface area contributed by atoms with Gasteiger partial charge in [-0.3, -0.25) is 4.79 Å². The van der Waals surface area contributed by atoms with Gasteiger partial charge in [-0.1, -0.05) is 23.5 Å². The fourth-order valence-electron chi connectivity index (χ4n) is 2.66. The molecule has 0 radical (unpaired) electrons.